The highest BCUT2D eigenvalue weighted by molar-refractivity contribution is 5.85. The molecule has 4 unspecified atom stereocenters. The summed E-state index contributed by atoms with van der Waals surface area (Å²) in [5, 5.41) is 0. The maximum Gasteiger partial charge on any atom is 0.392 e. The molecule has 1 amide bonds. The smallest absolute Gasteiger partial charge is 0.342 e. The average Bonchev–Trinajstić information content (AvgIpc) is 2.40. The van der Waals surface area contributed by atoms with Crippen LogP contribution < -0.4 is 5.73 Å². The molecule has 124 valence electrons. The number of halogens is 4. The Bertz CT molecular complexity index is 365. The molecule has 2 fully saturated rings. The number of carbonyl (C=O) groups is 1. The number of nitrogens with zero attached hydrogens (tertiary/aromatic N) is 1. The fraction of sp³-hybridized carbons (Fsp3) is 0.929. The van der Waals surface area contributed by atoms with Gasteiger partial charge < -0.3 is 10.6 Å². The summed E-state index contributed by atoms with van der Waals surface area (Å²) in [5.41, 5.74) is 5.90. The summed E-state index contributed by atoms with van der Waals surface area (Å²) in [6.45, 7) is 2.93. The molecule has 1 heterocycles. The molecule has 0 aromatic heterocycles. The Morgan fingerprint density at radius 2 is 1.81 bits per heavy atom. The molecule has 0 aromatic rings. The van der Waals surface area contributed by atoms with Crippen molar-refractivity contribution in [1.29, 1.82) is 0 Å². The molecule has 4 atom stereocenters. The van der Waals surface area contributed by atoms with E-state index in [2.05, 4.69) is 0 Å². The Kier molecular flexibility index (Phi) is 6.35. The van der Waals surface area contributed by atoms with Crippen LogP contribution in [0.15, 0.2) is 0 Å². The molecule has 1 aliphatic carbocycles. The molecule has 0 aromatic carbocycles. The largest absolute Gasteiger partial charge is 0.392 e. The number of piperidine rings is 1. The van der Waals surface area contributed by atoms with Crippen molar-refractivity contribution < 1.29 is 18.0 Å². The predicted octanol–water partition coefficient (Wildman–Crippen LogP) is 2.97. The van der Waals surface area contributed by atoms with E-state index in [0.717, 1.165) is 0 Å². The molecule has 1 aliphatic heterocycles. The van der Waals surface area contributed by atoms with Crippen molar-refractivity contribution in [1.82, 2.24) is 4.90 Å². The van der Waals surface area contributed by atoms with Gasteiger partial charge in [-0.2, -0.15) is 13.2 Å². The van der Waals surface area contributed by atoms with E-state index in [-0.39, 0.29) is 36.7 Å². The van der Waals surface area contributed by atoms with Gasteiger partial charge in [-0.3, -0.25) is 4.79 Å². The first kappa shape index (κ1) is 18.6. The number of hydrogen-bond donors (Lipinski definition) is 1. The number of likely N-dealkylation sites (tertiary alicyclic amines) is 1. The van der Waals surface area contributed by atoms with Crippen LogP contribution in [0.5, 0.6) is 0 Å². The number of alkyl halides is 3. The summed E-state index contributed by atoms with van der Waals surface area (Å²) in [4.78, 5) is 14.0. The van der Waals surface area contributed by atoms with Gasteiger partial charge in [0.2, 0.25) is 5.91 Å². The van der Waals surface area contributed by atoms with Gasteiger partial charge >= 0.3 is 6.18 Å². The van der Waals surface area contributed by atoms with Gasteiger partial charge in [-0.1, -0.05) is 19.8 Å². The van der Waals surface area contributed by atoms with Crippen LogP contribution in [0.1, 0.15) is 39.0 Å². The van der Waals surface area contributed by atoms with Crippen LogP contribution in [0, 0.1) is 17.8 Å². The van der Waals surface area contributed by atoms with Gasteiger partial charge in [0.15, 0.2) is 0 Å². The van der Waals surface area contributed by atoms with Gasteiger partial charge in [0, 0.05) is 25.0 Å². The third kappa shape index (κ3) is 4.25. The molecule has 2 N–H and O–H groups in total. The Hall–Kier alpha value is -0.490. The van der Waals surface area contributed by atoms with Crippen LogP contribution in [-0.4, -0.2) is 36.1 Å². The molecule has 0 radical (unpaired) electrons. The molecule has 2 aliphatic rings. The number of amides is 1. The summed E-state index contributed by atoms with van der Waals surface area (Å²) >= 11 is 0. The highest BCUT2D eigenvalue weighted by Crippen LogP contribution is 2.42. The van der Waals surface area contributed by atoms with E-state index in [4.69, 9.17) is 5.73 Å². The van der Waals surface area contributed by atoms with E-state index in [1.54, 1.807) is 4.90 Å². The highest BCUT2D eigenvalue weighted by Gasteiger charge is 2.49. The summed E-state index contributed by atoms with van der Waals surface area (Å²) in [6, 6.07) is 0.0452. The van der Waals surface area contributed by atoms with Crippen molar-refractivity contribution in [3.8, 4) is 0 Å². The number of rotatable bonds is 1. The molecule has 2 rings (SSSR count). The maximum atomic E-state index is 13.1. The van der Waals surface area contributed by atoms with Crippen molar-refractivity contribution in [3.63, 3.8) is 0 Å². The Morgan fingerprint density at radius 1 is 1.19 bits per heavy atom. The van der Waals surface area contributed by atoms with Crippen LogP contribution in [0.25, 0.3) is 0 Å². The summed E-state index contributed by atoms with van der Waals surface area (Å²) in [7, 11) is 0. The molecule has 0 bridgehead atoms. The van der Waals surface area contributed by atoms with Crippen LogP contribution in [0.3, 0.4) is 0 Å². The molecule has 7 heteroatoms. The van der Waals surface area contributed by atoms with Gasteiger partial charge in [-0.15, -0.1) is 12.4 Å². The molecule has 21 heavy (non-hydrogen) atoms. The Morgan fingerprint density at radius 3 is 2.38 bits per heavy atom. The molecule has 0 spiro atoms. The van der Waals surface area contributed by atoms with Crippen molar-refractivity contribution >= 4 is 18.3 Å². The summed E-state index contributed by atoms with van der Waals surface area (Å²) < 4.78 is 39.2. The zero-order valence-corrected chi connectivity index (χ0v) is 13.1. The lowest BCUT2D eigenvalue weighted by atomic mass is 9.77. The Balaban J connectivity index is 0.00000220. The summed E-state index contributed by atoms with van der Waals surface area (Å²) in [5.74, 6) is -2.51. The van der Waals surface area contributed by atoms with E-state index in [1.807, 2.05) is 6.92 Å². The molecule has 3 nitrogen and oxygen atoms in total. The zero-order chi connectivity index (χ0) is 14.9. The van der Waals surface area contributed by atoms with E-state index >= 15 is 0 Å². The first-order valence-electron chi connectivity index (χ1n) is 7.41. The predicted molar refractivity (Wildman–Crippen MR) is 77.1 cm³/mol. The molecule has 1 saturated carbocycles. The van der Waals surface area contributed by atoms with E-state index in [9.17, 15) is 18.0 Å². The van der Waals surface area contributed by atoms with Crippen molar-refractivity contribution in [2.75, 3.05) is 13.1 Å². The maximum absolute atomic E-state index is 13.1. The normalized spacial score (nSPS) is 34.2. The number of nitrogens with two attached hydrogens (primary N) is 1. The van der Waals surface area contributed by atoms with Crippen LogP contribution in [0.4, 0.5) is 13.2 Å². The second-order valence-electron chi connectivity index (χ2n) is 6.25. The quantitative estimate of drug-likeness (QED) is 0.804. The van der Waals surface area contributed by atoms with Crippen LogP contribution >= 0.6 is 12.4 Å². The van der Waals surface area contributed by atoms with Gasteiger partial charge in [0.1, 0.15) is 0 Å². The number of hydrogen-bond acceptors (Lipinski definition) is 2. The SMILES string of the molecule is CC1CN(C(=O)C2CCCCC2C(F)(F)F)CCC1N.Cl. The second-order valence-corrected chi connectivity index (χ2v) is 6.25. The topological polar surface area (TPSA) is 46.3 Å². The Labute approximate surface area is 129 Å². The zero-order valence-electron chi connectivity index (χ0n) is 12.2. The number of carbonyl (C=O) groups excluding carboxylic acids is 1. The van der Waals surface area contributed by atoms with Crippen LogP contribution in [-0.2, 0) is 4.79 Å². The van der Waals surface area contributed by atoms with E-state index in [1.165, 1.54) is 0 Å². The van der Waals surface area contributed by atoms with Gasteiger partial charge in [0.25, 0.3) is 0 Å². The van der Waals surface area contributed by atoms with E-state index < -0.39 is 18.0 Å². The van der Waals surface area contributed by atoms with E-state index in [0.29, 0.717) is 38.8 Å². The lowest BCUT2D eigenvalue weighted by Gasteiger charge is -2.40. The van der Waals surface area contributed by atoms with Crippen molar-refractivity contribution in [2.45, 2.75) is 51.2 Å². The van der Waals surface area contributed by atoms with Gasteiger partial charge in [-0.25, -0.2) is 0 Å². The first-order chi connectivity index (χ1) is 9.30. The summed E-state index contributed by atoms with van der Waals surface area (Å²) in [6.07, 6.45) is -1.86. The lowest BCUT2D eigenvalue weighted by molar-refractivity contribution is -0.201. The highest BCUT2D eigenvalue weighted by atomic mass is 35.5. The minimum atomic E-state index is -4.27. The third-order valence-corrected chi connectivity index (χ3v) is 4.79. The van der Waals surface area contributed by atoms with Gasteiger partial charge in [0.05, 0.1) is 5.92 Å². The second kappa shape index (κ2) is 7.18. The lowest BCUT2D eigenvalue weighted by Crippen LogP contribution is -2.52. The third-order valence-electron chi connectivity index (χ3n) is 4.79. The minimum absolute atomic E-state index is 0. The average molecular weight is 329 g/mol. The van der Waals surface area contributed by atoms with Crippen molar-refractivity contribution in [3.05, 3.63) is 0 Å². The fourth-order valence-electron chi connectivity index (χ4n) is 3.42. The molecule has 1 saturated heterocycles. The fourth-order valence-corrected chi connectivity index (χ4v) is 3.42. The standard InChI is InChI=1S/C14H23F3N2O.ClH/c1-9-8-19(7-6-12(9)18)13(20)10-4-2-3-5-11(10)14(15,16)17;/h9-12H,2-8,18H2,1H3;1H. The minimum Gasteiger partial charge on any atom is -0.342 e. The van der Waals surface area contributed by atoms with Crippen molar-refractivity contribution in [2.24, 2.45) is 23.5 Å². The van der Waals surface area contributed by atoms with Gasteiger partial charge in [-0.05, 0) is 25.2 Å². The first-order valence-corrected chi connectivity index (χ1v) is 7.41. The molecular weight excluding hydrogens is 305 g/mol. The molecular formula is C14H24ClF3N2O. The van der Waals surface area contributed by atoms with Crippen LogP contribution in [0.2, 0.25) is 0 Å². The monoisotopic (exact) mass is 328 g/mol.